The fourth-order valence-electron chi connectivity index (χ4n) is 3.51. The largest absolute Gasteiger partial charge is 0.338 e. The van der Waals surface area contributed by atoms with Gasteiger partial charge < -0.3 is 10.3 Å². The predicted molar refractivity (Wildman–Crippen MR) is 116 cm³/mol. The standard InChI is InChI=1S/C22H22ClN5O/c1-13-16(14(2)28(3)27-13)9-11-21(29)24-15-8-10-19-20(12-15)26-22(25-19)17-6-4-5-7-18(17)23/h4-8,10,12H,9,11H2,1-3H3,(H,24,29)(H,25,26). The first-order valence-corrected chi connectivity index (χ1v) is 9.84. The summed E-state index contributed by atoms with van der Waals surface area (Å²) in [5, 5.41) is 8.01. The van der Waals surface area contributed by atoms with E-state index in [2.05, 4.69) is 20.4 Å². The minimum Gasteiger partial charge on any atom is -0.338 e. The third-order valence-electron chi connectivity index (χ3n) is 5.16. The Morgan fingerprint density at radius 3 is 2.72 bits per heavy atom. The molecule has 0 bridgehead atoms. The minimum atomic E-state index is -0.0298. The molecule has 0 radical (unpaired) electrons. The van der Waals surface area contributed by atoms with Crippen LogP contribution in [0.25, 0.3) is 22.4 Å². The fourth-order valence-corrected chi connectivity index (χ4v) is 3.73. The molecule has 29 heavy (non-hydrogen) atoms. The summed E-state index contributed by atoms with van der Waals surface area (Å²) >= 11 is 6.27. The number of nitrogens with zero attached hydrogens (tertiary/aromatic N) is 3. The molecule has 0 unspecified atom stereocenters. The molecule has 0 saturated heterocycles. The molecule has 1 amide bonds. The van der Waals surface area contributed by atoms with Crippen LogP contribution in [0.2, 0.25) is 5.02 Å². The van der Waals surface area contributed by atoms with Crippen molar-refractivity contribution in [3.05, 3.63) is 64.4 Å². The average molecular weight is 408 g/mol. The molecule has 7 heteroatoms. The lowest BCUT2D eigenvalue weighted by molar-refractivity contribution is -0.116. The van der Waals surface area contributed by atoms with E-state index in [-0.39, 0.29) is 5.91 Å². The van der Waals surface area contributed by atoms with E-state index in [1.807, 2.05) is 68.0 Å². The summed E-state index contributed by atoms with van der Waals surface area (Å²) in [6.45, 7) is 4.00. The van der Waals surface area contributed by atoms with Crippen LogP contribution in [0.3, 0.4) is 0 Å². The molecule has 0 aliphatic carbocycles. The second-order valence-corrected chi connectivity index (χ2v) is 7.53. The van der Waals surface area contributed by atoms with E-state index in [4.69, 9.17) is 11.6 Å². The van der Waals surface area contributed by atoms with Crippen LogP contribution in [0.5, 0.6) is 0 Å². The number of rotatable bonds is 5. The van der Waals surface area contributed by atoms with Crippen molar-refractivity contribution >= 4 is 34.2 Å². The summed E-state index contributed by atoms with van der Waals surface area (Å²) in [5.74, 6) is 0.675. The van der Waals surface area contributed by atoms with Gasteiger partial charge in [0.15, 0.2) is 0 Å². The van der Waals surface area contributed by atoms with Crippen LogP contribution in [0.4, 0.5) is 5.69 Å². The topological polar surface area (TPSA) is 75.6 Å². The number of amides is 1. The van der Waals surface area contributed by atoms with Gasteiger partial charge in [0.25, 0.3) is 0 Å². The summed E-state index contributed by atoms with van der Waals surface area (Å²) < 4.78 is 1.85. The van der Waals surface area contributed by atoms with Gasteiger partial charge in [-0.2, -0.15) is 5.10 Å². The van der Waals surface area contributed by atoms with E-state index >= 15 is 0 Å². The highest BCUT2D eigenvalue weighted by Gasteiger charge is 2.13. The van der Waals surface area contributed by atoms with Crippen LogP contribution in [-0.4, -0.2) is 25.7 Å². The van der Waals surface area contributed by atoms with Crippen molar-refractivity contribution in [2.24, 2.45) is 7.05 Å². The lowest BCUT2D eigenvalue weighted by atomic mass is 10.1. The number of aryl methyl sites for hydroxylation is 2. The van der Waals surface area contributed by atoms with Crippen molar-refractivity contribution in [3.8, 4) is 11.4 Å². The highest BCUT2D eigenvalue weighted by atomic mass is 35.5. The van der Waals surface area contributed by atoms with Gasteiger partial charge in [0.2, 0.25) is 5.91 Å². The Morgan fingerprint density at radius 2 is 2.00 bits per heavy atom. The van der Waals surface area contributed by atoms with Gasteiger partial charge in [-0.25, -0.2) is 4.98 Å². The molecule has 148 valence electrons. The first kappa shape index (κ1) is 19.2. The molecule has 2 heterocycles. The molecule has 6 nitrogen and oxygen atoms in total. The number of fused-ring (bicyclic) bond motifs is 1. The third kappa shape index (κ3) is 3.89. The number of anilines is 1. The molecule has 0 aliphatic rings. The van der Waals surface area contributed by atoms with Crippen molar-refractivity contribution in [2.45, 2.75) is 26.7 Å². The summed E-state index contributed by atoms with van der Waals surface area (Å²) in [6.07, 6.45) is 1.07. The van der Waals surface area contributed by atoms with Gasteiger partial charge in [-0.15, -0.1) is 0 Å². The Kier molecular flexibility index (Phi) is 5.11. The summed E-state index contributed by atoms with van der Waals surface area (Å²) in [7, 11) is 1.92. The molecular weight excluding hydrogens is 386 g/mol. The number of aromatic nitrogens is 4. The van der Waals surface area contributed by atoms with Gasteiger partial charge in [-0.1, -0.05) is 23.7 Å². The van der Waals surface area contributed by atoms with E-state index < -0.39 is 0 Å². The normalized spacial score (nSPS) is 11.2. The van der Waals surface area contributed by atoms with E-state index in [1.54, 1.807) is 0 Å². The summed E-state index contributed by atoms with van der Waals surface area (Å²) in [6, 6.07) is 13.2. The van der Waals surface area contributed by atoms with E-state index in [0.717, 1.165) is 39.2 Å². The molecule has 4 rings (SSSR count). The summed E-state index contributed by atoms with van der Waals surface area (Å²) in [4.78, 5) is 20.3. The number of imidazole rings is 1. The molecule has 4 aromatic rings. The van der Waals surface area contributed by atoms with Crippen LogP contribution in [0, 0.1) is 13.8 Å². The monoisotopic (exact) mass is 407 g/mol. The quantitative estimate of drug-likeness (QED) is 0.498. The third-order valence-corrected chi connectivity index (χ3v) is 5.49. The number of halogens is 1. The zero-order chi connectivity index (χ0) is 20.5. The number of nitrogens with one attached hydrogen (secondary N) is 2. The van der Waals surface area contributed by atoms with Crippen molar-refractivity contribution in [1.29, 1.82) is 0 Å². The van der Waals surface area contributed by atoms with Crippen molar-refractivity contribution in [1.82, 2.24) is 19.7 Å². The molecule has 0 atom stereocenters. The van der Waals surface area contributed by atoms with Crippen molar-refractivity contribution < 1.29 is 4.79 Å². The molecule has 0 spiro atoms. The Hall–Kier alpha value is -3.12. The highest BCUT2D eigenvalue weighted by molar-refractivity contribution is 6.33. The summed E-state index contributed by atoms with van der Waals surface area (Å²) in [5.41, 5.74) is 6.45. The molecule has 0 fully saturated rings. The number of carbonyl (C=O) groups excluding carboxylic acids is 1. The maximum atomic E-state index is 12.4. The van der Waals surface area contributed by atoms with Crippen molar-refractivity contribution in [2.75, 3.05) is 5.32 Å². The van der Waals surface area contributed by atoms with Crippen LogP contribution in [0.1, 0.15) is 23.4 Å². The average Bonchev–Trinajstić information content (AvgIpc) is 3.21. The number of hydrogen-bond donors (Lipinski definition) is 2. The molecule has 0 saturated carbocycles. The fraction of sp³-hybridized carbons (Fsp3) is 0.227. The second kappa shape index (κ2) is 7.72. The van der Waals surface area contributed by atoms with E-state index in [9.17, 15) is 4.79 Å². The van der Waals surface area contributed by atoms with Crippen molar-refractivity contribution in [3.63, 3.8) is 0 Å². The Balaban J connectivity index is 1.48. The number of aromatic amines is 1. The van der Waals surface area contributed by atoms with Gasteiger partial charge in [0, 0.05) is 30.4 Å². The van der Waals surface area contributed by atoms with E-state index in [0.29, 0.717) is 23.7 Å². The molecule has 0 aliphatic heterocycles. The lowest BCUT2D eigenvalue weighted by Gasteiger charge is -2.06. The van der Waals surface area contributed by atoms with Gasteiger partial charge in [-0.05, 0) is 56.2 Å². The predicted octanol–water partition coefficient (Wildman–Crippen LogP) is 4.80. The number of hydrogen-bond acceptors (Lipinski definition) is 3. The van der Waals surface area contributed by atoms with Crippen LogP contribution in [0.15, 0.2) is 42.5 Å². The number of H-pyrrole nitrogens is 1. The second-order valence-electron chi connectivity index (χ2n) is 7.12. The molecule has 2 aromatic carbocycles. The Labute approximate surface area is 173 Å². The van der Waals surface area contributed by atoms with Gasteiger partial charge in [0.05, 0.1) is 21.7 Å². The zero-order valence-electron chi connectivity index (χ0n) is 16.6. The first-order valence-electron chi connectivity index (χ1n) is 9.46. The Bertz CT molecular complexity index is 1210. The Morgan fingerprint density at radius 1 is 1.21 bits per heavy atom. The number of benzene rings is 2. The van der Waals surface area contributed by atoms with Crippen LogP contribution < -0.4 is 5.32 Å². The van der Waals surface area contributed by atoms with E-state index in [1.165, 1.54) is 0 Å². The molecule has 2 N–H and O–H groups in total. The highest BCUT2D eigenvalue weighted by Crippen LogP contribution is 2.28. The molecule has 2 aromatic heterocycles. The maximum absolute atomic E-state index is 12.4. The SMILES string of the molecule is Cc1nn(C)c(C)c1CCC(=O)Nc1ccc2nc(-c3ccccc3Cl)[nH]c2c1. The van der Waals surface area contributed by atoms with Gasteiger partial charge >= 0.3 is 0 Å². The smallest absolute Gasteiger partial charge is 0.224 e. The minimum absolute atomic E-state index is 0.0298. The lowest BCUT2D eigenvalue weighted by Crippen LogP contribution is -2.12. The first-order chi connectivity index (χ1) is 13.9. The van der Waals surface area contributed by atoms with Crippen LogP contribution in [-0.2, 0) is 18.3 Å². The maximum Gasteiger partial charge on any atom is 0.224 e. The molecular formula is C22H22ClN5O. The van der Waals surface area contributed by atoms with Gasteiger partial charge in [0.1, 0.15) is 5.82 Å². The number of carbonyl (C=O) groups is 1. The zero-order valence-corrected chi connectivity index (χ0v) is 17.3. The van der Waals surface area contributed by atoms with Gasteiger partial charge in [-0.3, -0.25) is 9.48 Å². The van der Waals surface area contributed by atoms with Crippen LogP contribution >= 0.6 is 11.6 Å².